The van der Waals surface area contributed by atoms with Gasteiger partial charge in [0.1, 0.15) is 54.8 Å². The van der Waals surface area contributed by atoms with Gasteiger partial charge in [0, 0.05) is 60.5 Å². The number of carbonyl (C=O) groups excluding carboxylic acids is 11. The van der Waals surface area contributed by atoms with Gasteiger partial charge >= 0.3 is 12.2 Å². The summed E-state index contributed by atoms with van der Waals surface area (Å²) in [5.74, 6) is -8.46. The summed E-state index contributed by atoms with van der Waals surface area (Å²) in [6.45, 7) is 8.30. The summed E-state index contributed by atoms with van der Waals surface area (Å²) in [7, 11) is 0. The molecule has 2 heterocycles. The number of carbonyl (C=O) groups is 11. The average molecular weight is 1520 g/mol. The molecule has 0 spiro atoms. The maximum Gasteiger partial charge on any atom is 0.509 e. The zero-order valence-electron chi connectivity index (χ0n) is 61.1. The van der Waals surface area contributed by atoms with Crippen molar-refractivity contribution >= 4 is 70.8 Å². The first-order valence-electron chi connectivity index (χ1n) is 36.1. The van der Waals surface area contributed by atoms with Crippen molar-refractivity contribution in [3.8, 4) is 0 Å². The lowest BCUT2D eigenvalue weighted by Crippen LogP contribution is -2.71. The average Bonchev–Trinajstić information content (AvgIpc) is 1.51. The fraction of sp³-hybridized carbons (Fsp3) is 0.681. The van der Waals surface area contributed by atoms with Crippen LogP contribution in [0.4, 0.5) is 24.1 Å². The third kappa shape index (κ3) is 21.0. The molecule has 107 heavy (non-hydrogen) atoms. The first-order valence-corrected chi connectivity index (χ1v) is 36.1. The summed E-state index contributed by atoms with van der Waals surface area (Å²) in [6, 6.07) is 0.992. The highest BCUT2D eigenvalue weighted by molar-refractivity contribution is 6.13. The van der Waals surface area contributed by atoms with Crippen molar-refractivity contribution in [3.05, 3.63) is 65.8 Å². The van der Waals surface area contributed by atoms with Crippen LogP contribution in [0.5, 0.6) is 0 Å². The Labute approximate surface area is 618 Å². The Bertz CT molecular complexity index is 3390. The van der Waals surface area contributed by atoms with Crippen LogP contribution in [-0.4, -0.2) is 264 Å². The van der Waals surface area contributed by atoms with Gasteiger partial charge in [0.05, 0.1) is 78.2 Å². The smallest absolute Gasteiger partial charge is 0.429 e. The van der Waals surface area contributed by atoms with Crippen LogP contribution in [0.15, 0.2) is 60.2 Å². The summed E-state index contributed by atoms with van der Waals surface area (Å²) >= 11 is 0. The number of halogens is 2. The molecule has 1 unspecified atom stereocenters. The van der Waals surface area contributed by atoms with Crippen LogP contribution in [0, 0.1) is 28.6 Å². The normalized spacial score (nSPS) is 27.5. The van der Waals surface area contributed by atoms with Gasteiger partial charge in [0.2, 0.25) is 35.3 Å². The molecule has 33 nitrogen and oxygen atoms in total. The van der Waals surface area contributed by atoms with Gasteiger partial charge in [0.15, 0.2) is 29.9 Å². The molecule has 1 aromatic carbocycles. The number of Topliss-reactive ketones (excluding diaryl/α,β-unsaturated/α-hetero) is 1. The highest BCUT2D eigenvalue weighted by Crippen LogP contribution is 2.74. The van der Waals surface area contributed by atoms with Crippen molar-refractivity contribution in [2.75, 3.05) is 91.0 Å². The minimum absolute atomic E-state index is 0.00890. The molecule has 0 aromatic heterocycles. The van der Waals surface area contributed by atoms with Crippen molar-refractivity contribution in [1.29, 1.82) is 0 Å². The number of primary amides is 1. The molecule has 596 valence electrons. The molecule has 14 N–H and O–H groups in total. The van der Waals surface area contributed by atoms with Crippen LogP contribution in [0.2, 0.25) is 0 Å². The molecule has 2 aliphatic heterocycles. The molecule has 4 fully saturated rings. The number of urea groups is 1. The van der Waals surface area contributed by atoms with Gasteiger partial charge in [-0.05, 0) is 112 Å². The number of nitrogens with two attached hydrogens (primary N) is 1. The minimum Gasteiger partial charge on any atom is -0.429 e. The number of amides is 9. The Morgan fingerprint density at radius 2 is 1.34 bits per heavy atom. The molecular formula is C72H104F2N8O25. The summed E-state index contributed by atoms with van der Waals surface area (Å²) < 4.78 is 80.3. The molecule has 3 saturated carbocycles. The van der Waals surface area contributed by atoms with E-state index < -0.39 is 198 Å². The van der Waals surface area contributed by atoms with Gasteiger partial charge in [-0.25, -0.2) is 18.4 Å². The molecule has 17 atom stereocenters. The molecule has 1 saturated heterocycles. The number of allylic oxidation sites excluding steroid dienone is 4. The number of alkyl halides is 2. The largest absolute Gasteiger partial charge is 0.509 e. The van der Waals surface area contributed by atoms with E-state index in [1.54, 1.807) is 27.7 Å². The number of anilines is 1. The number of hydrogen-bond donors (Lipinski definition) is 13. The van der Waals surface area contributed by atoms with E-state index in [1.807, 2.05) is 6.92 Å². The summed E-state index contributed by atoms with van der Waals surface area (Å²) in [4.78, 5) is 145. The van der Waals surface area contributed by atoms with E-state index in [0.717, 1.165) is 11.0 Å². The van der Waals surface area contributed by atoms with Gasteiger partial charge in [-0.2, -0.15) is 0 Å². The number of aliphatic hydroxyl groups is 6. The van der Waals surface area contributed by atoms with E-state index in [0.29, 0.717) is 18.4 Å². The van der Waals surface area contributed by atoms with Gasteiger partial charge in [0.25, 0.3) is 11.8 Å². The monoisotopic (exact) mass is 1520 g/mol. The van der Waals surface area contributed by atoms with Crippen LogP contribution < -0.4 is 37.6 Å². The number of fused-ring (bicyclic) bond motifs is 7. The minimum atomic E-state index is -2.45. The lowest BCUT2D eigenvalue weighted by molar-refractivity contribution is -0.234. The van der Waals surface area contributed by atoms with Gasteiger partial charge < -0.3 is 106 Å². The van der Waals surface area contributed by atoms with Crippen LogP contribution in [0.3, 0.4) is 0 Å². The molecule has 7 rings (SSSR count). The maximum atomic E-state index is 18.1. The number of hydrogen-bond acceptors (Lipinski definition) is 25. The Kier molecular flexibility index (Phi) is 31.5. The van der Waals surface area contributed by atoms with Crippen molar-refractivity contribution in [2.45, 2.75) is 197 Å². The predicted molar refractivity (Wildman–Crippen MR) is 371 cm³/mol. The van der Waals surface area contributed by atoms with Gasteiger partial charge in [-0.3, -0.25) is 48.1 Å². The van der Waals surface area contributed by atoms with Crippen molar-refractivity contribution in [2.24, 2.45) is 34.3 Å². The number of ketones is 2. The molecule has 9 amide bonds. The lowest BCUT2D eigenvalue weighted by Gasteiger charge is -2.63. The van der Waals surface area contributed by atoms with Gasteiger partial charge in [-0.1, -0.05) is 52.3 Å². The van der Waals surface area contributed by atoms with E-state index in [2.05, 4.69) is 31.9 Å². The summed E-state index contributed by atoms with van der Waals surface area (Å²) in [5, 5.41) is 76.7. The van der Waals surface area contributed by atoms with Crippen LogP contribution >= 0.6 is 0 Å². The molecule has 1 aromatic rings. The SMILES string of the molecule is CCCC1O[C@]2(C(=O)COC(=O)OCc3ccc(NC(=O)[C@H](CCCNC(N)=O)NC(=O)[C@@H](NC(=O)[C@@H](CCCC(=O)NC[C@H](O)[C@@H](O)[C@H](O)[C@H](O)CO)NC(=O)CCOCCOCCOCCOCCN4C(=O)C=CC4=O)C(C)C)cc3)[C@@](C)(C[C@H]3[C@@H]4C[C@H](F)C5=CC(=O)C=C[C@]5(C)[C@@]4(F)[C@@H](O)C[C@@]32C)O1. The number of nitrogens with zero attached hydrogens (tertiary/aromatic N) is 1. The van der Waals surface area contributed by atoms with Crippen LogP contribution in [0.25, 0.3) is 0 Å². The highest BCUT2D eigenvalue weighted by atomic mass is 19.1. The quantitative estimate of drug-likeness (QED) is 0.0234. The van der Waals surface area contributed by atoms with Gasteiger partial charge in [-0.15, -0.1) is 0 Å². The maximum absolute atomic E-state index is 18.1. The molecular weight excluding hydrogens is 1410 g/mol. The number of imide groups is 1. The van der Waals surface area contributed by atoms with Crippen LogP contribution in [0.1, 0.15) is 118 Å². The Morgan fingerprint density at radius 3 is 1.96 bits per heavy atom. The summed E-state index contributed by atoms with van der Waals surface area (Å²) in [6.07, 6.45) is -7.68. The third-order valence-corrected chi connectivity index (χ3v) is 20.9. The number of benzene rings is 1. The highest BCUT2D eigenvalue weighted by Gasteiger charge is 2.83. The summed E-state index contributed by atoms with van der Waals surface area (Å²) in [5.41, 5.74) is -3.09. The second kappa shape index (κ2) is 39.0. The topological polar surface area (TPSA) is 484 Å². The number of aliphatic hydroxyl groups excluding tert-OH is 6. The number of rotatable bonds is 44. The van der Waals surface area contributed by atoms with E-state index in [1.165, 1.54) is 55.5 Å². The van der Waals surface area contributed by atoms with E-state index in [9.17, 15) is 78.3 Å². The zero-order valence-corrected chi connectivity index (χ0v) is 61.1. The molecule has 0 bridgehead atoms. The molecule has 0 radical (unpaired) electrons. The Balaban J connectivity index is 0.923. The number of ether oxygens (including phenoxy) is 8. The molecule has 6 aliphatic rings. The second-order valence-corrected chi connectivity index (χ2v) is 28.6. The Morgan fingerprint density at radius 1 is 0.720 bits per heavy atom. The predicted octanol–water partition coefficient (Wildman–Crippen LogP) is 0.109. The zero-order chi connectivity index (χ0) is 78.6. The van der Waals surface area contributed by atoms with Crippen molar-refractivity contribution < 1.29 is 130 Å². The van der Waals surface area contributed by atoms with E-state index >= 15 is 8.78 Å². The molecule has 4 aliphatic carbocycles. The fourth-order valence-electron chi connectivity index (χ4n) is 15.3. The van der Waals surface area contributed by atoms with Crippen molar-refractivity contribution in [1.82, 2.24) is 31.5 Å². The first-order chi connectivity index (χ1) is 50.7. The van der Waals surface area contributed by atoms with E-state index in [-0.39, 0.29) is 135 Å². The van der Waals surface area contributed by atoms with Crippen molar-refractivity contribution in [3.63, 3.8) is 0 Å². The Hall–Kier alpha value is -7.81. The standard InChI is InChI=1S/C72H104F2N8O25/c1-7-10-59-106-70(6)35-47-45-34-48(73)46-33-44(84)20-22-68(46,4)71(45,74)53(87)36-69(47,5)72(70,107-59)54(88)40-105-67(99)104-39-42-14-16-43(17-15-42)78-63(95)50(12-9-23-76-66(75)98)80-65(97)60(41(2)3)81-64(96)49(11-8-13-55(89)77-37-51(85)61(93)62(94)52(86)38-83)79-56(90)21-25-100-27-29-102-31-32-103-30-28-101-26-24-82-57(91)18-19-58(82)92/h14-20,22,33,41,45,47-53,59-62,83,85-87,93-94H,7-13,21,23-32,34-40H2,1-6H3,(H,77,89)(H,78,95)(H,79,90)(H,80,97)(H,81,96)(H3,75,76,98)/t45-,47-,48-,49+,50-,51-,52+,53-,59?,60-,61+,62+,68-,69-,70+,71-,72-/m0/s1. The first kappa shape index (κ1) is 86.4. The molecule has 35 heteroatoms. The number of nitrogens with one attached hydrogen (secondary N) is 6. The van der Waals surface area contributed by atoms with Crippen LogP contribution in [-0.2, 0) is 87.7 Å². The lowest BCUT2D eigenvalue weighted by atomic mass is 9.44. The fourth-order valence-corrected chi connectivity index (χ4v) is 15.3. The van der Waals surface area contributed by atoms with E-state index in [4.69, 9.17) is 48.7 Å². The second-order valence-electron chi connectivity index (χ2n) is 28.6. The third-order valence-electron chi connectivity index (χ3n) is 20.9.